The topological polar surface area (TPSA) is 59.2 Å². The third-order valence-electron chi connectivity index (χ3n) is 4.22. The molecule has 0 aromatic carbocycles. The molecule has 0 atom stereocenters. The molecule has 0 bridgehead atoms. The van der Waals surface area contributed by atoms with Crippen LogP contribution in [0.2, 0.25) is 0 Å². The lowest BCUT2D eigenvalue weighted by atomic mass is 9.68. The quantitative estimate of drug-likeness (QED) is 0.846. The van der Waals surface area contributed by atoms with Crippen LogP contribution in [-0.4, -0.2) is 35.9 Å². The molecule has 1 amide bonds. The first-order valence-corrected chi connectivity index (χ1v) is 6.98. The highest BCUT2D eigenvalue weighted by Crippen LogP contribution is 2.40. The van der Waals surface area contributed by atoms with Crippen LogP contribution >= 0.6 is 0 Å². The molecule has 1 aliphatic rings. The summed E-state index contributed by atoms with van der Waals surface area (Å²) >= 11 is 0. The zero-order valence-electron chi connectivity index (χ0n) is 11.6. The van der Waals surface area contributed by atoms with Gasteiger partial charge in [0.25, 0.3) is 0 Å². The van der Waals surface area contributed by atoms with E-state index < -0.39 is 0 Å². The molecule has 0 spiro atoms. The van der Waals surface area contributed by atoms with Crippen LogP contribution in [0, 0.1) is 5.41 Å². The Kier molecular flexibility index (Phi) is 4.53. The third kappa shape index (κ3) is 3.53. The molecule has 19 heavy (non-hydrogen) atoms. The summed E-state index contributed by atoms with van der Waals surface area (Å²) in [7, 11) is 1.89. The molecular formula is C15H23N3O. The van der Waals surface area contributed by atoms with Crippen molar-refractivity contribution in [3.05, 3.63) is 30.1 Å². The van der Waals surface area contributed by atoms with Crippen LogP contribution in [0.15, 0.2) is 24.5 Å². The van der Waals surface area contributed by atoms with Crippen molar-refractivity contribution in [2.75, 3.05) is 20.1 Å². The molecule has 1 heterocycles. The number of hydrogen-bond acceptors (Lipinski definition) is 3. The molecule has 2 rings (SSSR count). The molecule has 4 heteroatoms. The smallest absolute Gasteiger partial charge is 0.222 e. The Morgan fingerprint density at radius 3 is 2.63 bits per heavy atom. The van der Waals surface area contributed by atoms with Gasteiger partial charge < -0.3 is 10.6 Å². The standard InChI is InChI=1S/C15H23N3O/c1-18(12-15(11-16)7-2-8-15)14(19)4-3-13-5-9-17-10-6-13/h5-6,9-10H,2-4,7-8,11-12,16H2,1H3. The number of nitrogens with zero attached hydrogens (tertiary/aromatic N) is 2. The molecule has 1 fully saturated rings. The van der Waals surface area contributed by atoms with Gasteiger partial charge in [-0.3, -0.25) is 9.78 Å². The van der Waals surface area contributed by atoms with Crippen LogP contribution in [0.4, 0.5) is 0 Å². The Balaban J connectivity index is 1.79. The van der Waals surface area contributed by atoms with Gasteiger partial charge in [0.1, 0.15) is 0 Å². The van der Waals surface area contributed by atoms with Gasteiger partial charge in [0.15, 0.2) is 0 Å². The zero-order chi connectivity index (χ0) is 13.7. The summed E-state index contributed by atoms with van der Waals surface area (Å²) in [5.41, 5.74) is 7.19. The minimum absolute atomic E-state index is 0.196. The number of aromatic nitrogens is 1. The highest BCUT2D eigenvalue weighted by Gasteiger charge is 2.37. The summed E-state index contributed by atoms with van der Waals surface area (Å²) in [6.07, 6.45) is 8.43. The first kappa shape index (κ1) is 14.0. The lowest BCUT2D eigenvalue weighted by Crippen LogP contribution is -2.47. The minimum atomic E-state index is 0.196. The first-order valence-electron chi connectivity index (χ1n) is 6.98. The predicted molar refractivity (Wildman–Crippen MR) is 75.5 cm³/mol. The van der Waals surface area contributed by atoms with Gasteiger partial charge in [0.2, 0.25) is 5.91 Å². The molecule has 0 unspecified atom stereocenters. The van der Waals surface area contributed by atoms with E-state index in [-0.39, 0.29) is 11.3 Å². The fourth-order valence-corrected chi connectivity index (χ4v) is 2.69. The number of rotatable bonds is 6. The number of aryl methyl sites for hydroxylation is 1. The first-order chi connectivity index (χ1) is 9.15. The van der Waals surface area contributed by atoms with Gasteiger partial charge in [0, 0.05) is 37.8 Å². The molecule has 4 nitrogen and oxygen atoms in total. The molecule has 0 aliphatic heterocycles. The fraction of sp³-hybridized carbons (Fsp3) is 0.600. The summed E-state index contributed by atoms with van der Waals surface area (Å²) in [5, 5.41) is 0. The molecule has 1 aliphatic carbocycles. The Hall–Kier alpha value is -1.42. The highest BCUT2D eigenvalue weighted by molar-refractivity contribution is 5.76. The van der Waals surface area contributed by atoms with Gasteiger partial charge in [-0.15, -0.1) is 0 Å². The fourth-order valence-electron chi connectivity index (χ4n) is 2.69. The monoisotopic (exact) mass is 261 g/mol. The number of nitrogens with two attached hydrogens (primary N) is 1. The van der Waals surface area contributed by atoms with E-state index in [0.29, 0.717) is 13.0 Å². The second-order valence-corrected chi connectivity index (χ2v) is 5.66. The Bertz CT molecular complexity index is 409. The maximum Gasteiger partial charge on any atom is 0.222 e. The third-order valence-corrected chi connectivity index (χ3v) is 4.22. The second kappa shape index (κ2) is 6.15. The van der Waals surface area contributed by atoms with E-state index in [9.17, 15) is 4.79 Å². The highest BCUT2D eigenvalue weighted by atomic mass is 16.2. The van der Waals surface area contributed by atoms with Crippen molar-refractivity contribution in [2.45, 2.75) is 32.1 Å². The molecule has 1 aromatic heterocycles. The van der Waals surface area contributed by atoms with Crippen LogP contribution in [0.1, 0.15) is 31.2 Å². The van der Waals surface area contributed by atoms with Crippen LogP contribution in [0.3, 0.4) is 0 Å². The lowest BCUT2D eigenvalue weighted by molar-refractivity contribution is -0.132. The number of carbonyl (C=O) groups excluding carboxylic acids is 1. The molecule has 104 valence electrons. The Morgan fingerprint density at radius 2 is 2.11 bits per heavy atom. The van der Waals surface area contributed by atoms with Crippen molar-refractivity contribution in [1.82, 2.24) is 9.88 Å². The van der Waals surface area contributed by atoms with E-state index in [4.69, 9.17) is 5.73 Å². The van der Waals surface area contributed by atoms with Crippen LogP contribution < -0.4 is 5.73 Å². The summed E-state index contributed by atoms with van der Waals surface area (Å²) in [4.78, 5) is 18.0. The van der Waals surface area contributed by atoms with Crippen LogP contribution in [0.25, 0.3) is 0 Å². The van der Waals surface area contributed by atoms with E-state index >= 15 is 0 Å². The van der Waals surface area contributed by atoms with Crippen molar-refractivity contribution in [1.29, 1.82) is 0 Å². The van der Waals surface area contributed by atoms with E-state index in [1.54, 1.807) is 12.4 Å². The normalized spacial score (nSPS) is 16.7. The molecular weight excluding hydrogens is 238 g/mol. The van der Waals surface area contributed by atoms with Gasteiger partial charge >= 0.3 is 0 Å². The number of amides is 1. The van der Waals surface area contributed by atoms with Crippen molar-refractivity contribution >= 4 is 5.91 Å². The average molecular weight is 261 g/mol. The van der Waals surface area contributed by atoms with E-state index in [1.165, 1.54) is 6.42 Å². The molecule has 1 saturated carbocycles. The summed E-state index contributed by atoms with van der Waals surface area (Å²) < 4.78 is 0. The number of pyridine rings is 1. The molecule has 2 N–H and O–H groups in total. The second-order valence-electron chi connectivity index (χ2n) is 5.66. The Labute approximate surface area is 115 Å². The van der Waals surface area contributed by atoms with Crippen molar-refractivity contribution in [2.24, 2.45) is 11.1 Å². The summed E-state index contributed by atoms with van der Waals surface area (Å²) in [5.74, 6) is 0.205. The summed E-state index contributed by atoms with van der Waals surface area (Å²) in [6.45, 7) is 1.49. The van der Waals surface area contributed by atoms with Gasteiger partial charge in [-0.05, 0) is 43.5 Å². The zero-order valence-corrected chi connectivity index (χ0v) is 11.6. The van der Waals surface area contributed by atoms with Crippen molar-refractivity contribution < 1.29 is 4.79 Å². The van der Waals surface area contributed by atoms with E-state index in [2.05, 4.69) is 4.98 Å². The SMILES string of the molecule is CN(CC1(CN)CCC1)C(=O)CCc1ccncc1. The van der Waals surface area contributed by atoms with E-state index in [1.807, 2.05) is 24.1 Å². The molecule has 0 saturated heterocycles. The van der Waals surface area contributed by atoms with Crippen LogP contribution in [0.5, 0.6) is 0 Å². The summed E-state index contributed by atoms with van der Waals surface area (Å²) in [6, 6.07) is 3.92. The van der Waals surface area contributed by atoms with Crippen molar-refractivity contribution in [3.8, 4) is 0 Å². The predicted octanol–water partition coefficient (Wildman–Crippen LogP) is 1.60. The van der Waals surface area contributed by atoms with Crippen molar-refractivity contribution in [3.63, 3.8) is 0 Å². The minimum Gasteiger partial charge on any atom is -0.345 e. The maximum atomic E-state index is 12.1. The van der Waals surface area contributed by atoms with Gasteiger partial charge in [-0.25, -0.2) is 0 Å². The number of hydrogen-bond donors (Lipinski definition) is 1. The largest absolute Gasteiger partial charge is 0.345 e. The maximum absolute atomic E-state index is 12.1. The molecule has 0 radical (unpaired) electrons. The number of carbonyl (C=O) groups is 1. The average Bonchev–Trinajstić information content (AvgIpc) is 2.41. The van der Waals surface area contributed by atoms with Gasteiger partial charge in [-0.2, -0.15) is 0 Å². The van der Waals surface area contributed by atoms with Crippen LogP contribution in [-0.2, 0) is 11.2 Å². The van der Waals surface area contributed by atoms with E-state index in [0.717, 1.165) is 31.4 Å². The lowest BCUT2D eigenvalue weighted by Gasteiger charge is -2.43. The Morgan fingerprint density at radius 1 is 1.42 bits per heavy atom. The molecule has 1 aromatic rings. The van der Waals surface area contributed by atoms with Gasteiger partial charge in [0.05, 0.1) is 0 Å². The van der Waals surface area contributed by atoms with Gasteiger partial charge in [-0.1, -0.05) is 6.42 Å².